The van der Waals surface area contributed by atoms with Crippen LogP contribution in [0.25, 0.3) is 17.1 Å². The van der Waals surface area contributed by atoms with E-state index in [1.807, 2.05) is 28.8 Å². The molecule has 7 nitrogen and oxygen atoms in total. The summed E-state index contributed by atoms with van der Waals surface area (Å²) in [6.07, 6.45) is 3.37. The fourth-order valence-corrected chi connectivity index (χ4v) is 4.29. The standard InChI is InChI=1S/C20H13ClN6OS2/c21-15-1-3-16(4-2-15)27-18(13-5-8-23-9-6-13)25-26-20(27)30-12-17(28)24-19-14(11-22)7-10-29-19/h1-10H,12H2,(H,24,28). The predicted molar refractivity (Wildman–Crippen MR) is 118 cm³/mol. The highest BCUT2D eigenvalue weighted by molar-refractivity contribution is 7.99. The lowest BCUT2D eigenvalue weighted by atomic mass is 10.2. The molecule has 3 heterocycles. The van der Waals surface area contributed by atoms with Gasteiger partial charge in [0.15, 0.2) is 11.0 Å². The van der Waals surface area contributed by atoms with Gasteiger partial charge in [-0.1, -0.05) is 23.4 Å². The Balaban J connectivity index is 1.60. The second-order valence-corrected chi connectivity index (χ2v) is 8.26. The predicted octanol–water partition coefficient (Wildman–Crippen LogP) is 4.65. The van der Waals surface area contributed by atoms with Gasteiger partial charge in [0.25, 0.3) is 0 Å². The lowest BCUT2D eigenvalue weighted by Gasteiger charge is -2.10. The first-order valence-corrected chi connectivity index (χ1v) is 10.9. The molecule has 0 aliphatic heterocycles. The summed E-state index contributed by atoms with van der Waals surface area (Å²) in [5.74, 6) is 0.521. The molecule has 0 aliphatic rings. The molecule has 0 atom stereocenters. The fraction of sp³-hybridized carbons (Fsp3) is 0.0500. The summed E-state index contributed by atoms with van der Waals surface area (Å²) in [5, 5.41) is 24.0. The van der Waals surface area contributed by atoms with E-state index in [9.17, 15) is 4.79 Å². The van der Waals surface area contributed by atoms with Crippen LogP contribution in [0.5, 0.6) is 0 Å². The molecule has 148 valence electrons. The largest absolute Gasteiger partial charge is 0.316 e. The van der Waals surface area contributed by atoms with Gasteiger partial charge in [-0.25, -0.2) is 0 Å². The van der Waals surface area contributed by atoms with E-state index in [4.69, 9.17) is 16.9 Å². The maximum atomic E-state index is 12.4. The number of hydrogen-bond acceptors (Lipinski definition) is 7. The number of pyridine rings is 1. The second-order valence-electron chi connectivity index (χ2n) is 5.97. The topological polar surface area (TPSA) is 96.5 Å². The summed E-state index contributed by atoms with van der Waals surface area (Å²) >= 11 is 8.60. The number of aromatic nitrogens is 4. The number of hydrogen-bond donors (Lipinski definition) is 1. The summed E-state index contributed by atoms with van der Waals surface area (Å²) in [7, 11) is 0. The molecule has 1 aromatic carbocycles. The first kappa shape index (κ1) is 20.1. The number of carbonyl (C=O) groups excluding carboxylic acids is 1. The van der Waals surface area contributed by atoms with Crippen LogP contribution in [0.4, 0.5) is 5.00 Å². The van der Waals surface area contributed by atoms with E-state index < -0.39 is 0 Å². The van der Waals surface area contributed by atoms with E-state index in [2.05, 4.69) is 26.6 Å². The highest BCUT2D eigenvalue weighted by atomic mass is 35.5. The third-order valence-corrected chi connectivity index (χ3v) is 6.04. The monoisotopic (exact) mass is 452 g/mol. The minimum atomic E-state index is -0.227. The van der Waals surface area contributed by atoms with Crippen molar-refractivity contribution in [3.05, 3.63) is 70.8 Å². The van der Waals surface area contributed by atoms with Crippen LogP contribution in [0.15, 0.2) is 65.4 Å². The maximum Gasteiger partial charge on any atom is 0.235 e. The summed E-state index contributed by atoms with van der Waals surface area (Å²) in [6.45, 7) is 0. The Morgan fingerprint density at radius 1 is 1.17 bits per heavy atom. The van der Waals surface area contributed by atoms with Crippen molar-refractivity contribution >= 4 is 45.6 Å². The number of thioether (sulfide) groups is 1. The molecule has 10 heteroatoms. The molecule has 0 saturated heterocycles. The molecule has 0 radical (unpaired) electrons. The zero-order chi connectivity index (χ0) is 20.9. The molecule has 0 bridgehead atoms. The number of benzene rings is 1. The number of halogens is 1. The fourth-order valence-electron chi connectivity index (χ4n) is 2.66. The lowest BCUT2D eigenvalue weighted by Crippen LogP contribution is -2.14. The number of carbonyl (C=O) groups is 1. The Morgan fingerprint density at radius 2 is 1.93 bits per heavy atom. The summed E-state index contributed by atoms with van der Waals surface area (Å²) in [4.78, 5) is 16.4. The van der Waals surface area contributed by atoms with Crippen LogP contribution in [0.1, 0.15) is 5.56 Å². The molecule has 0 fully saturated rings. The molecule has 3 aromatic heterocycles. The van der Waals surface area contributed by atoms with Crippen LogP contribution in [0.3, 0.4) is 0 Å². The van der Waals surface area contributed by atoms with Crippen LogP contribution in [-0.4, -0.2) is 31.4 Å². The minimum Gasteiger partial charge on any atom is -0.316 e. The average Bonchev–Trinajstić information content (AvgIpc) is 3.40. The molecule has 30 heavy (non-hydrogen) atoms. The Morgan fingerprint density at radius 3 is 2.67 bits per heavy atom. The van der Waals surface area contributed by atoms with Crippen LogP contribution in [0, 0.1) is 11.3 Å². The van der Waals surface area contributed by atoms with Crippen LogP contribution in [0.2, 0.25) is 5.02 Å². The Hall–Kier alpha value is -3.19. The molecule has 4 aromatic rings. The lowest BCUT2D eigenvalue weighted by molar-refractivity contribution is -0.113. The summed E-state index contributed by atoms with van der Waals surface area (Å²) in [6, 6.07) is 14.7. The Labute approximate surface area is 185 Å². The SMILES string of the molecule is N#Cc1ccsc1NC(=O)CSc1nnc(-c2ccncc2)n1-c1ccc(Cl)cc1. The summed E-state index contributed by atoms with van der Waals surface area (Å²) < 4.78 is 1.87. The summed E-state index contributed by atoms with van der Waals surface area (Å²) in [5.41, 5.74) is 2.12. The maximum absolute atomic E-state index is 12.4. The van der Waals surface area contributed by atoms with Gasteiger partial charge in [-0.3, -0.25) is 14.3 Å². The molecule has 1 amide bonds. The van der Waals surface area contributed by atoms with E-state index in [1.54, 1.807) is 36.0 Å². The molecule has 4 rings (SSSR count). The second kappa shape index (κ2) is 9.09. The average molecular weight is 453 g/mol. The quantitative estimate of drug-likeness (QED) is 0.428. The van der Waals surface area contributed by atoms with Crippen molar-refractivity contribution < 1.29 is 4.79 Å². The number of nitrogens with one attached hydrogen (secondary N) is 1. The third-order valence-electron chi connectivity index (χ3n) is 4.03. The van der Waals surface area contributed by atoms with Gasteiger partial charge >= 0.3 is 0 Å². The number of nitriles is 1. The first-order chi connectivity index (χ1) is 14.7. The van der Waals surface area contributed by atoms with Crippen molar-refractivity contribution in [1.82, 2.24) is 19.7 Å². The Kier molecular flexibility index (Phi) is 6.09. The Bertz CT molecular complexity index is 1210. The van der Waals surface area contributed by atoms with E-state index in [0.29, 0.717) is 26.6 Å². The van der Waals surface area contributed by atoms with Gasteiger partial charge in [0.2, 0.25) is 5.91 Å². The zero-order valence-electron chi connectivity index (χ0n) is 15.3. The number of thiophene rings is 1. The van der Waals surface area contributed by atoms with Gasteiger partial charge in [-0.15, -0.1) is 21.5 Å². The molecule has 0 aliphatic carbocycles. The van der Waals surface area contributed by atoms with Crippen molar-refractivity contribution in [3.63, 3.8) is 0 Å². The van der Waals surface area contributed by atoms with Gasteiger partial charge in [-0.2, -0.15) is 5.26 Å². The first-order valence-electron chi connectivity index (χ1n) is 8.67. The van der Waals surface area contributed by atoms with Gasteiger partial charge in [-0.05, 0) is 47.8 Å². The highest BCUT2D eigenvalue weighted by Gasteiger charge is 2.18. The normalized spacial score (nSPS) is 10.5. The molecule has 0 spiro atoms. The van der Waals surface area contributed by atoms with Gasteiger partial charge in [0.05, 0.1) is 11.3 Å². The van der Waals surface area contributed by atoms with Crippen molar-refractivity contribution in [2.75, 3.05) is 11.1 Å². The van der Waals surface area contributed by atoms with Gasteiger partial charge in [0, 0.05) is 28.7 Å². The van der Waals surface area contributed by atoms with Crippen LogP contribution < -0.4 is 5.32 Å². The molecular formula is C20H13ClN6OS2. The number of rotatable bonds is 6. The molecule has 0 unspecified atom stereocenters. The zero-order valence-corrected chi connectivity index (χ0v) is 17.7. The van der Waals surface area contributed by atoms with Gasteiger partial charge < -0.3 is 5.32 Å². The smallest absolute Gasteiger partial charge is 0.235 e. The van der Waals surface area contributed by atoms with Crippen molar-refractivity contribution in [2.24, 2.45) is 0 Å². The van der Waals surface area contributed by atoms with Crippen molar-refractivity contribution in [1.29, 1.82) is 5.26 Å². The third kappa shape index (κ3) is 4.36. The van der Waals surface area contributed by atoms with Crippen LogP contribution >= 0.6 is 34.7 Å². The number of nitrogens with zero attached hydrogens (tertiary/aromatic N) is 5. The van der Waals surface area contributed by atoms with E-state index in [1.165, 1.54) is 23.1 Å². The molecular weight excluding hydrogens is 440 g/mol. The number of anilines is 1. The van der Waals surface area contributed by atoms with E-state index >= 15 is 0 Å². The van der Waals surface area contributed by atoms with Gasteiger partial charge in [0.1, 0.15) is 11.1 Å². The van der Waals surface area contributed by atoms with E-state index in [-0.39, 0.29) is 11.7 Å². The minimum absolute atomic E-state index is 0.116. The number of amides is 1. The van der Waals surface area contributed by atoms with Crippen molar-refractivity contribution in [3.8, 4) is 23.1 Å². The van der Waals surface area contributed by atoms with E-state index in [0.717, 1.165) is 11.3 Å². The highest BCUT2D eigenvalue weighted by Crippen LogP contribution is 2.29. The molecule has 0 saturated carbocycles. The van der Waals surface area contributed by atoms with Crippen LogP contribution in [-0.2, 0) is 4.79 Å². The van der Waals surface area contributed by atoms with Crippen molar-refractivity contribution in [2.45, 2.75) is 5.16 Å². The molecule has 1 N–H and O–H groups in total.